The molecule has 0 unspecified atom stereocenters. The average Bonchev–Trinajstić information content (AvgIpc) is 2.15. The molecular formula is C7H12N2O4. The first-order chi connectivity index (χ1) is 6.15. The minimum atomic E-state index is -0.799. The highest BCUT2D eigenvalue weighted by Crippen LogP contribution is 2.03. The molecule has 0 saturated heterocycles. The second-order valence-corrected chi connectivity index (χ2v) is 2.34. The van der Waals surface area contributed by atoms with Crippen LogP contribution in [-0.4, -0.2) is 22.2 Å². The number of carbonyl (C=O) groups is 2. The van der Waals surface area contributed by atoms with Crippen molar-refractivity contribution in [2.24, 2.45) is 0 Å². The van der Waals surface area contributed by atoms with Gasteiger partial charge >= 0.3 is 0 Å². The van der Waals surface area contributed by atoms with Crippen LogP contribution >= 0.6 is 0 Å². The summed E-state index contributed by atoms with van der Waals surface area (Å²) < 4.78 is 0. The largest absolute Gasteiger partial charge is 0.288 e. The minimum Gasteiger partial charge on any atom is -0.288 e. The highest BCUT2D eigenvalue weighted by Gasteiger charge is 2.08. The molecule has 6 nitrogen and oxygen atoms in total. The molecular weight excluding hydrogens is 176 g/mol. The lowest BCUT2D eigenvalue weighted by Gasteiger charge is -2.02. The minimum absolute atomic E-state index is 0.108. The Morgan fingerprint density at radius 2 is 1.92 bits per heavy atom. The third-order valence-corrected chi connectivity index (χ3v) is 1.33. The van der Waals surface area contributed by atoms with Crippen molar-refractivity contribution in [3.05, 3.63) is 11.6 Å². The number of hydroxylamine groups is 2. The second-order valence-electron chi connectivity index (χ2n) is 2.34. The van der Waals surface area contributed by atoms with E-state index in [9.17, 15) is 9.59 Å². The molecule has 2 amide bonds. The Balaban J connectivity index is 4.48. The van der Waals surface area contributed by atoms with Gasteiger partial charge in [0.05, 0.1) is 0 Å². The van der Waals surface area contributed by atoms with Gasteiger partial charge in [-0.05, 0) is 6.42 Å². The van der Waals surface area contributed by atoms with Crippen LogP contribution in [0.3, 0.4) is 0 Å². The first kappa shape index (κ1) is 11.6. The third-order valence-electron chi connectivity index (χ3n) is 1.33. The van der Waals surface area contributed by atoms with Crippen LogP contribution in [0.15, 0.2) is 11.6 Å². The fourth-order valence-corrected chi connectivity index (χ4v) is 0.783. The number of nitrogens with one attached hydrogen (secondary N) is 2. The van der Waals surface area contributed by atoms with Gasteiger partial charge in [0.2, 0.25) is 0 Å². The Kier molecular flexibility index (Phi) is 5.49. The van der Waals surface area contributed by atoms with Gasteiger partial charge in [-0.3, -0.25) is 20.0 Å². The first-order valence-electron chi connectivity index (χ1n) is 3.74. The van der Waals surface area contributed by atoms with Crippen LogP contribution in [0.5, 0.6) is 0 Å². The molecule has 0 saturated carbocycles. The van der Waals surface area contributed by atoms with Crippen molar-refractivity contribution in [1.82, 2.24) is 11.0 Å². The summed E-state index contributed by atoms with van der Waals surface area (Å²) in [4.78, 5) is 21.5. The highest BCUT2D eigenvalue weighted by molar-refractivity contribution is 6.00. The Labute approximate surface area is 75.2 Å². The topological polar surface area (TPSA) is 98.7 Å². The van der Waals surface area contributed by atoms with E-state index in [1.165, 1.54) is 11.0 Å². The predicted molar refractivity (Wildman–Crippen MR) is 42.8 cm³/mol. The molecule has 74 valence electrons. The van der Waals surface area contributed by atoms with E-state index in [1.807, 2.05) is 6.92 Å². The smallest absolute Gasteiger partial charge is 0.270 e. The fraction of sp³-hybridized carbons (Fsp3) is 0.429. The number of rotatable bonds is 4. The quantitative estimate of drug-likeness (QED) is 0.277. The average molecular weight is 188 g/mol. The molecule has 13 heavy (non-hydrogen) atoms. The standard InChI is InChI=1S/C7H12N2O4/c1-2-3-5(7(11)9-13)4-6(10)8-12/h4,12-13H,2-3H2,1H3,(H,8,10)(H,9,11)/b5-4-. The van der Waals surface area contributed by atoms with E-state index in [2.05, 4.69) is 0 Å². The Hall–Kier alpha value is -1.40. The van der Waals surface area contributed by atoms with Gasteiger partial charge in [-0.25, -0.2) is 11.0 Å². The van der Waals surface area contributed by atoms with Crippen molar-refractivity contribution in [1.29, 1.82) is 0 Å². The predicted octanol–water partition coefficient (Wildman–Crippen LogP) is -0.276. The van der Waals surface area contributed by atoms with Crippen LogP contribution < -0.4 is 11.0 Å². The number of carbonyl (C=O) groups excluding carboxylic acids is 2. The molecule has 0 aromatic rings. The Morgan fingerprint density at radius 3 is 2.31 bits per heavy atom. The van der Waals surface area contributed by atoms with Crippen molar-refractivity contribution < 1.29 is 20.0 Å². The van der Waals surface area contributed by atoms with E-state index in [0.29, 0.717) is 12.8 Å². The molecule has 0 aliphatic rings. The van der Waals surface area contributed by atoms with E-state index >= 15 is 0 Å². The number of amides is 2. The first-order valence-corrected chi connectivity index (χ1v) is 3.74. The van der Waals surface area contributed by atoms with Gasteiger partial charge in [0.1, 0.15) is 0 Å². The molecule has 0 spiro atoms. The molecule has 0 aliphatic heterocycles. The molecule has 0 radical (unpaired) electrons. The molecule has 6 heteroatoms. The summed E-state index contributed by atoms with van der Waals surface area (Å²) in [5.41, 5.74) is 2.87. The van der Waals surface area contributed by atoms with Crippen LogP contribution in [0, 0.1) is 0 Å². The van der Waals surface area contributed by atoms with Crippen molar-refractivity contribution in [2.75, 3.05) is 0 Å². The molecule has 0 aliphatic carbocycles. The van der Waals surface area contributed by atoms with Crippen LogP contribution in [0.4, 0.5) is 0 Å². The molecule has 0 heterocycles. The molecule has 0 aromatic carbocycles. The maximum atomic E-state index is 10.9. The molecule has 4 N–H and O–H groups in total. The normalized spacial score (nSPS) is 10.8. The summed E-state index contributed by atoms with van der Waals surface area (Å²) in [6, 6.07) is 0. The van der Waals surface area contributed by atoms with Gasteiger partial charge in [0.15, 0.2) is 0 Å². The molecule has 0 aromatic heterocycles. The zero-order valence-electron chi connectivity index (χ0n) is 7.20. The summed E-state index contributed by atoms with van der Waals surface area (Å²) >= 11 is 0. The summed E-state index contributed by atoms with van der Waals surface area (Å²) in [6.07, 6.45) is 1.92. The lowest BCUT2D eigenvalue weighted by molar-refractivity contribution is -0.127. The zero-order valence-corrected chi connectivity index (χ0v) is 7.20. The third kappa shape index (κ3) is 4.24. The molecule has 0 atom stereocenters. The summed E-state index contributed by atoms with van der Waals surface area (Å²) in [5.74, 6) is -1.54. The van der Waals surface area contributed by atoms with E-state index < -0.39 is 11.8 Å². The summed E-state index contributed by atoms with van der Waals surface area (Å²) in [6.45, 7) is 1.81. The van der Waals surface area contributed by atoms with Gasteiger partial charge in [-0.2, -0.15) is 0 Å². The highest BCUT2D eigenvalue weighted by atomic mass is 16.5. The fourth-order valence-electron chi connectivity index (χ4n) is 0.783. The molecule has 0 fully saturated rings. The van der Waals surface area contributed by atoms with Crippen molar-refractivity contribution in [3.63, 3.8) is 0 Å². The molecule has 0 rings (SSSR count). The number of hydrogen-bond acceptors (Lipinski definition) is 4. The van der Waals surface area contributed by atoms with E-state index in [1.54, 1.807) is 0 Å². The summed E-state index contributed by atoms with van der Waals surface area (Å²) in [7, 11) is 0. The lowest BCUT2D eigenvalue weighted by Crippen LogP contribution is -2.24. The maximum Gasteiger partial charge on any atom is 0.270 e. The van der Waals surface area contributed by atoms with Gasteiger partial charge in [0.25, 0.3) is 11.8 Å². The monoisotopic (exact) mass is 188 g/mol. The van der Waals surface area contributed by atoms with Crippen LogP contribution in [0.1, 0.15) is 19.8 Å². The number of hydrogen-bond donors (Lipinski definition) is 4. The second kappa shape index (κ2) is 6.15. The lowest BCUT2D eigenvalue weighted by atomic mass is 10.1. The van der Waals surface area contributed by atoms with E-state index in [0.717, 1.165) is 6.08 Å². The zero-order chi connectivity index (χ0) is 10.3. The van der Waals surface area contributed by atoms with E-state index in [4.69, 9.17) is 10.4 Å². The van der Waals surface area contributed by atoms with Gasteiger partial charge in [-0.15, -0.1) is 0 Å². The van der Waals surface area contributed by atoms with Crippen molar-refractivity contribution >= 4 is 11.8 Å². The summed E-state index contributed by atoms with van der Waals surface area (Å²) in [5, 5.41) is 16.5. The SMILES string of the molecule is CCC/C(=C/C(=O)NO)C(=O)NO. The van der Waals surface area contributed by atoms with E-state index in [-0.39, 0.29) is 5.57 Å². The molecule has 0 bridgehead atoms. The van der Waals surface area contributed by atoms with Crippen molar-refractivity contribution in [3.8, 4) is 0 Å². The Bertz CT molecular complexity index is 225. The van der Waals surface area contributed by atoms with Gasteiger partial charge in [-0.1, -0.05) is 13.3 Å². The van der Waals surface area contributed by atoms with Crippen LogP contribution in [-0.2, 0) is 9.59 Å². The van der Waals surface area contributed by atoms with Crippen LogP contribution in [0.2, 0.25) is 0 Å². The van der Waals surface area contributed by atoms with Crippen molar-refractivity contribution in [2.45, 2.75) is 19.8 Å². The van der Waals surface area contributed by atoms with Crippen LogP contribution in [0.25, 0.3) is 0 Å². The Morgan fingerprint density at radius 1 is 1.31 bits per heavy atom. The van der Waals surface area contributed by atoms with Gasteiger partial charge in [0, 0.05) is 11.6 Å². The van der Waals surface area contributed by atoms with Gasteiger partial charge < -0.3 is 0 Å². The maximum absolute atomic E-state index is 10.9.